The van der Waals surface area contributed by atoms with Crippen LogP contribution in [-0.4, -0.2) is 21.0 Å². The first-order chi connectivity index (χ1) is 9.88. The second kappa shape index (κ2) is 5.71. The maximum Gasteiger partial charge on any atom is 0.339 e. The number of benzene rings is 1. The van der Waals surface area contributed by atoms with Crippen molar-refractivity contribution in [1.82, 2.24) is 4.98 Å². The molecule has 108 valence electrons. The lowest BCUT2D eigenvalue weighted by Crippen LogP contribution is -2.07. The number of pyridine rings is 1. The average molecular weight is 312 g/mol. The molecule has 0 atom stereocenters. The predicted octanol–water partition coefficient (Wildman–Crippen LogP) is 3.22. The van der Waals surface area contributed by atoms with Crippen LogP contribution in [-0.2, 0) is 0 Å². The first-order valence-corrected chi connectivity index (χ1v) is 5.86. The average Bonchev–Trinajstić information content (AvgIpc) is 2.42. The number of hydrogen-bond donors (Lipinski definition) is 2. The summed E-state index contributed by atoms with van der Waals surface area (Å²) in [6, 6.07) is 4.49. The summed E-state index contributed by atoms with van der Waals surface area (Å²) in [6.45, 7) is 0. The normalized spacial score (nSPS) is 10.2. The Labute approximate surface area is 122 Å². The number of halogens is 2. The van der Waals surface area contributed by atoms with E-state index in [4.69, 9.17) is 16.7 Å². The van der Waals surface area contributed by atoms with Gasteiger partial charge in [-0.25, -0.2) is 14.2 Å². The third kappa shape index (κ3) is 3.23. The number of carbonyl (C=O) groups is 1. The zero-order valence-electron chi connectivity index (χ0n) is 10.2. The minimum absolute atomic E-state index is 0.0913. The standard InChI is InChI=1S/C12H7ClFN3O4/c13-6-1-2-9(14)10(3-6)16-11-8(12(18)19)4-7(5-15-11)17(20)21/h1-5H,(H,15,16)(H,18,19). The van der Waals surface area contributed by atoms with Crippen molar-refractivity contribution in [2.45, 2.75) is 0 Å². The number of nitrogens with zero attached hydrogens (tertiary/aromatic N) is 2. The number of aromatic carboxylic acids is 1. The van der Waals surface area contributed by atoms with E-state index in [1.807, 2.05) is 0 Å². The summed E-state index contributed by atoms with van der Waals surface area (Å²) in [5.41, 5.74) is -1.03. The van der Waals surface area contributed by atoms with Crippen LogP contribution in [0.2, 0.25) is 5.02 Å². The van der Waals surface area contributed by atoms with Gasteiger partial charge in [0.15, 0.2) is 0 Å². The van der Waals surface area contributed by atoms with E-state index in [0.29, 0.717) is 0 Å². The SMILES string of the molecule is O=C(O)c1cc([N+](=O)[O-])cnc1Nc1cc(Cl)ccc1F. The largest absolute Gasteiger partial charge is 0.478 e. The molecule has 0 radical (unpaired) electrons. The lowest BCUT2D eigenvalue weighted by atomic mass is 10.2. The fourth-order valence-corrected chi connectivity index (χ4v) is 1.71. The van der Waals surface area contributed by atoms with Crippen LogP contribution in [0.3, 0.4) is 0 Å². The van der Waals surface area contributed by atoms with Gasteiger partial charge < -0.3 is 10.4 Å². The molecule has 7 nitrogen and oxygen atoms in total. The Morgan fingerprint density at radius 1 is 1.43 bits per heavy atom. The van der Waals surface area contributed by atoms with Crippen molar-refractivity contribution in [2.75, 3.05) is 5.32 Å². The monoisotopic (exact) mass is 311 g/mol. The number of carboxylic acid groups (broad SMARTS) is 1. The summed E-state index contributed by atoms with van der Waals surface area (Å²) in [6.07, 6.45) is 0.872. The molecule has 9 heteroatoms. The Kier molecular flexibility index (Phi) is 3.99. The molecular formula is C12H7ClFN3O4. The zero-order valence-corrected chi connectivity index (χ0v) is 11.0. The molecule has 0 amide bonds. The van der Waals surface area contributed by atoms with Crippen molar-refractivity contribution in [3.05, 3.63) is 57.0 Å². The van der Waals surface area contributed by atoms with Crippen LogP contribution in [0.1, 0.15) is 10.4 Å². The number of rotatable bonds is 4. The number of nitro groups is 1. The molecule has 2 aromatic rings. The van der Waals surface area contributed by atoms with Crippen LogP contribution in [0, 0.1) is 15.9 Å². The molecule has 1 heterocycles. The van der Waals surface area contributed by atoms with E-state index in [1.165, 1.54) is 12.1 Å². The van der Waals surface area contributed by atoms with E-state index in [-0.39, 0.29) is 16.5 Å². The maximum atomic E-state index is 13.6. The van der Waals surface area contributed by atoms with Gasteiger partial charge in [-0.05, 0) is 18.2 Å². The van der Waals surface area contributed by atoms with E-state index in [0.717, 1.165) is 18.3 Å². The molecule has 0 saturated heterocycles. The number of hydrogen-bond acceptors (Lipinski definition) is 5. The minimum Gasteiger partial charge on any atom is -0.478 e. The van der Waals surface area contributed by atoms with Gasteiger partial charge in [0.05, 0.1) is 10.6 Å². The maximum absolute atomic E-state index is 13.6. The highest BCUT2D eigenvalue weighted by Crippen LogP contribution is 2.26. The third-order valence-electron chi connectivity index (χ3n) is 2.50. The summed E-state index contributed by atoms with van der Waals surface area (Å²) < 4.78 is 13.6. The van der Waals surface area contributed by atoms with Gasteiger partial charge >= 0.3 is 5.97 Å². The second-order valence-corrected chi connectivity index (χ2v) is 4.34. The fraction of sp³-hybridized carbons (Fsp3) is 0. The molecule has 21 heavy (non-hydrogen) atoms. The van der Waals surface area contributed by atoms with Crippen molar-refractivity contribution in [1.29, 1.82) is 0 Å². The van der Waals surface area contributed by atoms with E-state index in [1.54, 1.807) is 0 Å². The molecule has 2 rings (SSSR count). The van der Waals surface area contributed by atoms with Gasteiger partial charge in [-0.15, -0.1) is 0 Å². The first-order valence-electron chi connectivity index (χ1n) is 5.48. The molecule has 0 aliphatic heterocycles. The molecule has 0 saturated carbocycles. The molecule has 0 fully saturated rings. The fourth-order valence-electron chi connectivity index (χ4n) is 1.54. The van der Waals surface area contributed by atoms with Gasteiger partial charge in [0.2, 0.25) is 0 Å². The van der Waals surface area contributed by atoms with Crippen LogP contribution in [0.15, 0.2) is 30.5 Å². The Hall–Kier alpha value is -2.74. The Balaban J connectivity index is 2.46. The van der Waals surface area contributed by atoms with Crippen LogP contribution >= 0.6 is 11.6 Å². The van der Waals surface area contributed by atoms with Crippen molar-refractivity contribution in [2.24, 2.45) is 0 Å². The van der Waals surface area contributed by atoms with Crippen molar-refractivity contribution in [3.63, 3.8) is 0 Å². The van der Waals surface area contributed by atoms with Crippen LogP contribution in [0.5, 0.6) is 0 Å². The lowest BCUT2D eigenvalue weighted by molar-refractivity contribution is -0.385. The molecule has 1 aromatic heterocycles. The number of anilines is 2. The Bertz CT molecular complexity index is 738. The van der Waals surface area contributed by atoms with Crippen molar-refractivity contribution in [3.8, 4) is 0 Å². The number of carboxylic acids is 1. The van der Waals surface area contributed by atoms with Gasteiger partial charge in [0.25, 0.3) is 5.69 Å². The second-order valence-electron chi connectivity index (χ2n) is 3.90. The predicted molar refractivity (Wildman–Crippen MR) is 72.5 cm³/mol. The summed E-state index contributed by atoms with van der Waals surface area (Å²) in [5.74, 6) is -2.33. The van der Waals surface area contributed by atoms with Gasteiger partial charge in [0, 0.05) is 11.1 Å². The molecule has 0 aliphatic rings. The lowest BCUT2D eigenvalue weighted by Gasteiger charge is -2.09. The number of aromatic nitrogens is 1. The highest BCUT2D eigenvalue weighted by Gasteiger charge is 2.18. The molecule has 2 N–H and O–H groups in total. The summed E-state index contributed by atoms with van der Waals surface area (Å²) in [4.78, 5) is 24.6. The number of nitrogens with one attached hydrogen (secondary N) is 1. The van der Waals surface area contributed by atoms with E-state index in [2.05, 4.69) is 10.3 Å². The topological polar surface area (TPSA) is 105 Å². The van der Waals surface area contributed by atoms with Gasteiger partial charge in [-0.3, -0.25) is 10.1 Å². The Morgan fingerprint density at radius 2 is 2.14 bits per heavy atom. The van der Waals surface area contributed by atoms with Gasteiger partial charge in [-0.1, -0.05) is 11.6 Å². The van der Waals surface area contributed by atoms with E-state index < -0.39 is 28.0 Å². The third-order valence-corrected chi connectivity index (χ3v) is 2.73. The highest BCUT2D eigenvalue weighted by molar-refractivity contribution is 6.30. The van der Waals surface area contributed by atoms with Crippen molar-refractivity contribution < 1.29 is 19.2 Å². The summed E-state index contributed by atoms with van der Waals surface area (Å²) in [7, 11) is 0. The molecular weight excluding hydrogens is 305 g/mol. The van der Waals surface area contributed by atoms with E-state index >= 15 is 0 Å². The summed E-state index contributed by atoms with van der Waals surface area (Å²) in [5, 5.41) is 22.4. The van der Waals surface area contributed by atoms with Gasteiger partial charge in [-0.2, -0.15) is 0 Å². The summed E-state index contributed by atoms with van der Waals surface area (Å²) >= 11 is 5.72. The minimum atomic E-state index is -1.43. The van der Waals surface area contributed by atoms with Gasteiger partial charge in [0.1, 0.15) is 23.4 Å². The zero-order chi connectivity index (χ0) is 15.6. The highest BCUT2D eigenvalue weighted by atomic mass is 35.5. The van der Waals surface area contributed by atoms with Crippen LogP contribution in [0.4, 0.5) is 21.6 Å². The smallest absolute Gasteiger partial charge is 0.339 e. The first kappa shape index (κ1) is 14.7. The molecule has 1 aromatic carbocycles. The van der Waals surface area contributed by atoms with Crippen LogP contribution < -0.4 is 5.32 Å². The molecule has 0 spiro atoms. The molecule has 0 unspecified atom stereocenters. The Morgan fingerprint density at radius 3 is 2.76 bits per heavy atom. The van der Waals surface area contributed by atoms with Crippen LogP contribution in [0.25, 0.3) is 0 Å². The quantitative estimate of drug-likeness (QED) is 0.663. The molecule has 0 aliphatic carbocycles. The molecule has 0 bridgehead atoms. The van der Waals surface area contributed by atoms with E-state index in [9.17, 15) is 19.3 Å². The van der Waals surface area contributed by atoms with Crippen molar-refractivity contribution >= 4 is 34.8 Å².